The van der Waals surface area contributed by atoms with E-state index in [1.807, 2.05) is 4.90 Å². The number of nitrogens with one attached hydrogen (secondary N) is 1. The lowest BCUT2D eigenvalue weighted by Gasteiger charge is -2.36. The van der Waals surface area contributed by atoms with Crippen molar-refractivity contribution in [2.75, 3.05) is 31.7 Å². The number of likely N-dealkylation sites (N-methyl/N-ethyl adjacent to an activating group) is 1. The number of anilines is 1. The summed E-state index contributed by atoms with van der Waals surface area (Å²) in [5, 5.41) is 11.5. The number of rotatable bonds is 3. The van der Waals surface area contributed by atoms with E-state index in [2.05, 4.69) is 5.32 Å². The van der Waals surface area contributed by atoms with Gasteiger partial charge in [0.25, 0.3) is 0 Å². The third-order valence-corrected chi connectivity index (χ3v) is 3.12. The van der Waals surface area contributed by atoms with Crippen LogP contribution in [0.1, 0.15) is 10.4 Å². The van der Waals surface area contributed by atoms with Crippen LogP contribution in [-0.4, -0.2) is 49.8 Å². The summed E-state index contributed by atoms with van der Waals surface area (Å²) in [5.74, 6) is -1.07. The second-order valence-electron chi connectivity index (χ2n) is 4.25. The molecule has 1 fully saturated rings. The van der Waals surface area contributed by atoms with Crippen molar-refractivity contribution in [3.63, 3.8) is 0 Å². The number of carbonyl (C=O) groups excluding carboxylic acids is 1. The standard InChI is InChI=1S/C13H16N2O4/c1-14-12(16)11-8-19-7-6-15(11)10-4-2-9(3-5-10)13(17)18/h2-5,11H,6-8H2,1H3,(H,14,16)(H,17,18). The highest BCUT2D eigenvalue weighted by Gasteiger charge is 2.28. The summed E-state index contributed by atoms with van der Waals surface area (Å²) in [7, 11) is 1.59. The molecule has 1 unspecified atom stereocenters. The number of carbonyl (C=O) groups is 2. The third kappa shape index (κ3) is 2.85. The highest BCUT2D eigenvalue weighted by Crippen LogP contribution is 2.20. The van der Waals surface area contributed by atoms with Crippen LogP contribution in [0, 0.1) is 0 Å². The number of aromatic carboxylic acids is 1. The summed E-state index contributed by atoms with van der Waals surface area (Å²) in [6, 6.07) is 6.12. The van der Waals surface area contributed by atoms with Crippen molar-refractivity contribution in [2.24, 2.45) is 0 Å². The predicted molar refractivity (Wildman–Crippen MR) is 69.4 cm³/mol. The van der Waals surface area contributed by atoms with E-state index in [0.717, 1.165) is 5.69 Å². The molecule has 2 N–H and O–H groups in total. The number of carboxylic acids is 1. The Kier molecular flexibility index (Phi) is 4.01. The average molecular weight is 264 g/mol. The molecule has 1 aromatic carbocycles. The van der Waals surface area contributed by atoms with E-state index in [9.17, 15) is 9.59 Å². The second kappa shape index (κ2) is 5.71. The predicted octanol–water partition coefficient (Wildman–Crippen LogP) is 0.336. The lowest BCUT2D eigenvalue weighted by Crippen LogP contribution is -2.53. The molecule has 1 amide bonds. The number of hydrogen-bond acceptors (Lipinski definition) is 4. The van der Waals surface area contributed by atoms with Gasteiger partial charge in [0.2, 0.25) is 5.91 Å². The molecule has 2 rings (SSSR count). The first-order valence-corrected chi connectivity index (χ1v) is 6.03. The van der Waals surface area contributed by atoms with Gasteiger partial charge in [-0.25, -0.2) is 4.79 Å². The summed E-state index contributed by atoms with van der Waals surface area (Å²) in [5.41, 5.74) is 1.05. The Morgan fingerprint density at radius 3 is 2.63 bits per heavy atom. The number of amides is 1. The minimum atomic E-state index is -0.962. The number of hydrogen-bond donors (Lipinski definition) is 2. The summed E-state index contributed by atoms with van der Waals surface area (Å²) in [6.45, 7) is 1.49. The first-order chi connectivity index (χ1) is 9.13. The van der Waals surface area contributed by atoms with E-state index >= 15 is 0 Å². The van der Waals surface area contributed by atoms with Crippen molar-refractivity contribution in [2.45, 2.75) is 6.04 Å². The fraction of sp³-hybridized carbons (Fsp3) is 0.385. The zero-order chi connectivity index (χ0) is 13.8. The van der Waals surface area contributed by atoms with E-state index in [1.54, 1.807) is 19.2 Å². The maximum Gasteiger partial charge on any atom is 0.335 e. The van der Waals surface area contributed by atoms with Crippen molar-refractivity contribution in [3.05, 3.63) is 29.8 Å². The monoisotopic (exact) mass is 264 g/mol. The SMILES string of the molecule is CNC(=O)C1COCCN1c1ccc(C(=O)O)cc1. The Labute approximate surface area is 111 Å². The van der Waals surface area contributed by atoms with Crippen LogP contribution in [0.4, 0.5) is 5.69 Å². The smallest absolute Gasteiger partial charge is 0.335 e. The van der Waals surface area contributed by atoms with Crippen LogP contribution in [0.2, 0.25) is 0 Å². The number of ether oxygens (including phenoxy) is 1. The van der Waals surface area contributed by atoms with E-state index in [1.165, 1.54) is 12.1 Å². The minimum Gasteiger partial charge on any atom is -0.478 e. The van der Waals surface area contributed by atoms with Crippen LogP contribution in [-0.2, 0) is 9.53 Å². The van der Waals surface area contributed by atoms with Gasteiger partial charge in [0, 0.05) is 19.3 Å². The van der Waals surface area contributed by atoms with Crippen LogP contribution in [0.5, 0.6) is 0 Å². The first kappa shape index (κ1) is 13.4. The van der Waals surface area contributed by atoms with E-state index in [-0.39, 0.29) is 17.5 Å². The molecule has 1 atom stereocenters. The molecule has 0 saturated carbocycles. The summed E-state index contributed by atoms with van der Waals surface area (Å²) >= 11 is 0. The van der Waals surface area contributed by atoms with Gasteiger partial charge in [0.15, 0.2) is 0 Å². The van der Waals surface area contributed by atoms with Gasteiger partial charge in [0.1, 0.15) is 6.04 Å². The maximum absolute atomic E-state index is 11.8. The Morgan fingerprint density at radius 1 is 1.37 bits per heavy atom. The zero-order valence-electron chi connectivity index (χ0n) is 10.6. The Morgan fingerprint density at radius 2 is 2.05 bits per heavy atom. The molecule has 6 nitrogen and oxygen atoms in total. The van der Waals surface area contributed by atoms with E-state index in [4.69, 9.17) is 9.84 Å². The van der Waals surface area contributed by atoms with Crippen molar-refractivity contribution in [3.8, 4) is 0 Å². The minimum absolute atomic E-state index is 0.109. The van der Waals surface area contributed by atoms with E-state index in [0.29, 0.717) is 19.8 Å². The molecule has 1 heterocycles. The molecule has 0 bridgehead atoms. The molecule has 0 aliphatic carbocycles. The van der Waals surface area contributed by atoms with Crippen LogP contribution < -0.4 is 10.2 Å². The average Bonchev–Trinajstić information content (AvgIpc) is 2.46. The maximum atomic E-state index is 11.8. The van der Waals surface area contributed by atoms with Gasteiger partial charge in [-0.2, -0.15) is 0 Å². The number of morpholine rings is 1. The van der Waals surface area contributed by atoms with Gasteiger partial charge < -0.3 is 20.1 Å². The molecule has 1 saturated heterocycles. The summed E-state index contributed by atoms with van der Waals surface area (Å²) in [6.07, 6.45) is 0. The Bertz CT molecular complexity index is 472. The fourth-order valence-corrected chi connectivity index (χ4v) is 2.09. The quantitative estimate of drug-likeness (QED) is 0.823. The number of benzene rings is 1. The number of nitrogens with zero attached hydrogens (tertiary/aromatic N) is 1. The highest BCUT2D eigenvalue weighted by atomic mass is 16.5. The molecule has 1 aliphatic heterocycles. The normalized spacial score (nSPS) is 19.0. The van der Waals surface area contributed by atoms with Crippen LogP contribution in [0.25, 0.3) is 0 Å². The van der Waals surface area contributed by atoms with Gasteiger partial charge in [-0.15, -0.1) is 0 Å². The molecule has 0 aromatic heterocycles. The molecular formula is C13H16N2O4. The lowest BCUT2D eigenvalue weighted by molar-refractivity contribution is -0.124. The van der Waals surface area contributed by atoms with E-state index < -0.39 is 5.97 Å². The molecule has 0 radical (unpaired) electrons. The van der Waals surface area contributed by atoms with Crippen LogP contribution >= 0.6 is 0 Å². The topological polar surface area (TPSA) is 78.9 Å². The molecule has 0 spiro atoms. The molecule has 1 aliphatic rings. The van der Waals surface area contributed by atoms with Crippen LogP contribution in [0.3, 0.4) is 0 Å². The third-order valence-electron chi connectivity index (χ3n) is 3.12. The Hall–Kier alpha value is -2.08. The van der Waals surface area contributed by atoms with Crippen LogP contribution in [0.15, 0.2) is 24.3 Å². The number of carboxylic acid groups (broad SMARTS) is 1. The molecule has 6 heteroatoms. The molecular weight excluding hydrogens is 248 g/mol. The van der Waals surface area contributed by atoms with Crippen molar-refractivity contribution in [1.29, 1.82) is 0 Å². The van der Waals surface area contributed by atoms with Gasteiger partial charge in [-0.05, 0) is 24.3 Å². The lowest BCUT2D eigenvalue weighted by atomic mass is 10.1. The summed E-state index contributed by atoms with van der Waals surface area (Å²) < 4.78 is 5.32. The molecule has 19 heavy (non-hydrogen) atoms. The van der Waals surface area contributed by atoms with Crippen molar-refractivity contribution in [1.82, 2.24) is 5.32 Å². The molecule has 1 aromatic rings. The van der Waals surface area contributed by atoms with Gasteiger partial charge in [0.05, 0.1) is 18.8 Å². The van der Waals surface area contributed by atoms with Gasteiger partial charge >= 0.3 is 5.97 Å². The first-order valence-electron chi connectivity index (χ1n) is 6.03. The largest absolute Gasteiger partial charge is 0.478 e. The van der Waals surface area contributed by atoms with Crippen molar-refractivity contribution >= 4 is 17.6 Å². The fourth-order valence-electron chi connectivity index (χ4n) is 2.09. The highest BCUT2D eigenvalue weighted by molar-refractivity contribution is 5.89. The molecule has 102 valence electrons. The second-order valence-corrected chi connectivity index (χ2v) is 4.25. The Balaban J connectivity index is 2.22. The van der Waals surface area contributed by atoms with Gasteiger partial charge in [-0.3, -0.25) is 4.79 Å². The van der Waals surface area contributed by atoms with Gasteiger partial charge in [-0.1, -0.05) is 0 Å². The zero-order valence-corrected chi connectivity index (χ0v) is 10.6. The van der Waals surface area contributed by atoms with Crippen molar-refractivity contribution < 1.29 is 19.4 Å². The summed E-state index contributed by atoms with van der Waals surface area (Å²) in [4.78, 5) is 24.5.